The molecule has 0 saturated carbocycles. The van der Waals surface area contributed by atoms with E-state index >= 15 is 0 Å². The van der Waals surface area contributed by atoms with Crippen LogP contribution in [-0.2, 0) is 23.5 Å². The summed E-state index contributed by atoms with van der Waals surface area (Å²) in [5, 5.41) is 1.83. The molecule has 11 heteroatoms. The highest BCUT2D eigenvalue weighted by Gasteiger charge is 2.54. The van der Waals surface area contributed by atoms with Gasteiger partial charge in [0.2, 0.25) is 0 Å². The molecule has 1 fully saturated rings. The number of hydrogen-bond donors (Lipinski definition) is 1. The molecule has 1 N–H and O–H groups in total. The Bertz CT molecular complexity index is 1510. The fourth-order valence-electron chi connectivity index (χ4n) is 5.57. The second kappa shape index (κ2) is 12.2. The predicted molar refractivity (Wildman–Crippen MR) is 162 cm³/mol. The van der Waals surface area contributed by atoms with Crippen LogP contribution in [0.4, 0.5) is 0 Å². The van der Waals surface area contributed by atoms with Crippen molar-refractivity contribution in [3.63, 3.8) is 0 Å². The molecular weight excluding hydrogens is 560 g/mol. The van der Waals surface area contributed by atoms with Crippen LogP contribution in [0, 0.1) is 6.92 Å². The first-order valence-corrected chi connectivity index (χ1v) is 17.4. The third-order valence-electron chi connectivity index (χ3n) is 7.37. The Labute approximate surface area is 242 Å². The highest BCUT2D eigenvalue weighted by atomic mass is 32.2. The Morgan fingerprint density at radius 2 is 1.59 bits per heavy atom. The molecule has 0 amide bonds. The minimum atomic E-state index is -3.81. The van der Waals surface area contributed by atoms with E-state index in [9.17, 15) is 18.0 Å². The number of aromatic nitrogens is 2. The van der Waals surface area contributed by atoms with Gasteiger partial charge in [-0.2, -0.15) is 8.42 Å². The summed E-state index contributed by atoms with van der Waals surface area (Å²) >= 11 is 0. The minimum absolute atomic E-state index is 0.117. The molecule has 4 rings (SSSR count). The first-order chi connectivity index (χ1) is 19.2. The number of nitrogens with one attached hydrogen (secondary N) is 1. The predicted octanol–water partition coefficient (Wildman–Crippen LogP) is 3.22. The highest BCUT2D eigenvalue weighted by Crippen LogP contribution is 2.41. The van der Waals surface area contributed by atoms with E-state index in [4.69, 9.17) is 13.3 Å². The Morgan fingerprint density at radius 3 is 2.10 bits per heavy atom. The van der Waals surface area contributed by atoms with Crippen LogP contribution in [0.15, 0.2) is 76.4 Å². The van der Waals surface area contributed by atoms with Crippen molar-refractivity contribution in [1.82, 2.24) is 9.55 Å². The molecule has 3 atom stereocenters. The summed E-state index contributed by atoms with van der Waals surface area (Å²) < 4.78 is 45.6. The van der Waals surface area contributed by atoms with Crippen molar-refractivity contribution in [3.8, 4) is 0 Å². The second-order valence-corrected chi connectivity index (χ2v) is 17.8. The first-order valence-electron chi connectivity index (χ1n) is 13.9. The average Bonchev–Trinajstić information content (AvgIpc) is 3.30. The summed E-state index contributed by atoms with van der Waals surface area (Å²) in [6, 6.07) is 20.3. The van der Waals surface area contributed by atoms with Gasteiger partial charge < -0.3 is 9.16 Å². The molecule has 41 heavy (non-hydrogen) atoms. The van der Waals surface area contributed by atoms with Crippen molar-refractivity contribution >= 4 is 28.8 Å². The normalized spacial score (nSPS) is 20.0. The molecule has 3 aromatic rings. The fourth-order valence-corrected chi connectivity index (χ4v) is 11.5. The van der Waals surface area contributed by atoms with Gasteiger partial charge in [-0.1, -0.05) is 81.4 Å². The summed E-state index contributed by atoms with van der Waals surface area (Å²) in [4.78, 5) is 27.2. The quantitative estimate of drug-likeness (QED) is 0.281. The topological polar surface area (TPSA) is 117 Å². The smallest absolute Gasteiger partial charge is 0.330 e. The van der Waals surface area contributed by atoms with Crippen molar-refractivity contribution in [2.45, 2.75) is 84.0 Å². The van der Waals surface area contributed by atoms with Crippen LogP contribution in [-0.4, -0.2) is 50.4 Å². The SMILES string of the molecule is Cc1cn([C@H]2C[C@H](O[Si](c3ccccc3)(c3ccccc3)C(C)(C)C)[C@@H](CCS(=O)(=O)OC(C)C)O2)c(=O)[nH]c1=O. The summed E-state index contributed by atoms with van der Waals surface area (Å²) in [6.07, 6.45) is -0.528. The standard InChI is InChI=1S/C30H40N2O7SSi/c1-21(2)38-40(35,36)18-17-25-26(19-27(37-25)32-20-22(3)28(33)31-29(32)34)39-41(30(4,5)6,23-13-9-7-10-14-23)24-15-11-8-12-16-24/h7-16,20-21,25-27H,17-19H2,1-6H3,(H,31,33,34)/t25-,26+,27-/m1/s1. The van der Waals surface area contributed by atoms with Crippen molar-refractivity contribution in [2.24, 2.45) is 0 Å². The lowest BCUT2D eigenvalue weighted by Gasteiger charge is -2.45. The van der Waals surface area contributed by atoms with Gasteiger partial charge in [0.1, 0.15) is 6.23 Å². The highest BCUT2D eigenvalue weighted by molar-refractivity contribution is 7.86. The Morgan fingerprint density at radius 1 is 1.02 bits per heavy atom. The third-order valence-corrected chi connectivity index (χ3v) is 13.8. The van der Waals surface area contributed by atoms with Gasteiger partial charge in [-0.3, -0.25) is 18.5 Å². The summed E-state index contributed by atoms with van der Waals surface area (Å²) in [5.41, 5.74) is -0.682. The van der Waals surface area contributed by atoms with Crippen molar-refractivity contribution in [1.29, 1.82) is 0 Å². The van der Waals surface area contributed by atoms with Crippen LogP contribution < -0.4 is 21.6 Å². The van der Waals surface area contributed by atoms with E-state index in [1.54, 1.807) is 20.8 Å². The molecule has 0 radical (unpaired) electrons. The van der Waals surface area contributed by atoms with Crippen molar-refractivity contribution < 1.29 is 21.8 Å². The van der Waals surface area contributed by atoms with Gasteiger partial charge in [-0.25, -0.2) is 4.79 Å². The van der Waals surface area contributed by atoms with Crippen LogP contribution in [0.2, 0.25) is 5.04 Å². The maximum absolute atomic E-state index is 12.8. The lowest BCUT2D eigenvalue weighted by molar-refractivity contribution is -0.0192. The zero-order valence-corrected chi connectivity index (χ0v) is 26.3. The number of H-pyrrole nitrogens is 1. The Kier molecular flexibility index (Phi) is 9.25. The Hall–Kier alpha value is -2.83. The van der Waals surface area contributed by atoms with Crippen LogP contribution >= 0.6 is 0 Å². The maximum Gasteiger partial charge on any atom is 0.330 e. The van der Waals surface area contributed by atoms with Crippen LogP contribution in [0.3, 0.4) is 0 Å². The van der Waals surface area contributed by atoms with E-state index in [2.05, 4.69) is 50.0 Å². The van der Waals surface area contributed by atoms with Crippen molar-refractivity contribution in [2.75, 3.05) is 5.75 Å². The number of ether oxygens (including phenoxy) is 1. The molecule has 0 unspecified atom stereocenters. The van der Waals surface area contributed by atoms with E-state index in [1.165, 1.54) is 10.8 Å². The van der Waals surface area contributed by atoms with Crippen LogP contribution in [0.5, 0.6) is 0 Å². The fraction of sp³-hybridized carbons (Fsp3) is 0.467. The zero-order valence-electron chi connectivity index (χ0n) is 24.5. The maximum atomic E-state index is 12.8. The summed E-state index contributed by atoms with van der Waals surface area (Å²) in [6.45, 7) is 11.4. The molecule has 2 heterocycles. The Balaban J connectivity index is 1.80. The average molecular weight is 601 g/mol. The van der Waals surface area contributed by atoms with Gasteiger partial charge in [-0.15, -0.1) is 0 Å². The molecular formula is C30H40N2O7SSi. The molecule has 9 nitrogen and oxygen atoms in total. The third kappa shape index (κ3) is 6.81. The van der Waals surface area contributed by atoms with Gasteiger partial charge in [0.25, 0.3) is 24.0 Å². The lowest BCUT2D eigenvalue weighted by Crippen LogP contribution is -2.68. The van der Waals surface area contributed by atoms with E-state index in [0.29, 0.717) is 12.0 Å². The molecule has 2 aromatic carbocycles. The molecule has 1 aliphatic heterocycles. The largest absolute Gasteiger partial charge is 0.402 e. The van der Waals surface area contributed by atoms with Gasteiger partial charge in [0.05, 0.1) is 24.1 Å². The number of hydrogen-bond acceptors (Lipinski definition) is 7. The molecule has 222 valence electrons. The molecule has 1 aromatic heterocycles. The van der Waals surface area contributed by atoms with Crippen molar-refractivity contribution in [3.05, 3.63) is 93.3 Å². The van der Waals surface area contributed by atoms with E-state index in [1.807, 2.05) is 36.4 Å². The number of benzene rings is 2. The monoisotopic (exact) mass is 600 g/mol. The van der Waals surface area contributed by atoms with Crippen LogP contribution in [0.25, 0.3) is 0 Å². The van der Waals surface area contributed by atoms with E-state index < -0.39 is 54.2 Å². The number of aryl methyl sites for hydroxylation is 1. The van der Waals surface area contributed by atoms with Gasteiger partial charge in [-0.05, 0) is 42.6 Å². The molecule has 0 bridgehead atoms. The zero-order chi connectivity index (χ0) is 30.0. The molecule has 1 saturated heterocycles. The number of nitrogens with zero attached hydrogens (tertiary/aromatic N) is 1. The lowest BCUT2D eigenvalue weighted by atomic mass is 10.1. The first kappa shape index (κ1) is 31.1. The van der Waals surface area contributed by atoms with Gasteiger partial charge >= 0.3 is 5.69 Å². The van der Waals surface area contributed by atoms with Gasteiger partial charge in [0, 0.05) is 18.2 Å². The number of rotatable bonds is 10. The summed E-state index contributed by atoms with van der Waals surface area (Å²) in [7, 11) is -6.84. The molecule has 0 aliphatic carbocycles. The summed E-state index contributed by atoms with van der Waals surface area (Å²) in [5.74, 6) is -0.261. The number of aromatic amines is 1. The second-order valence-electron chi connectivity index (χ2n) is 11.9. The molecule has 1 aliphatic rings. The van der Waals surface area contributed by atoms with Crippen LogP contribution in [0.1, 0.15) is 59.3 Å². The van der Waals surface area contributed by atoms with E-state index in [-0.39, 0.29) is 17.2 Å². The van der Waals surface area contributed by atoms with E-state index in [0.717, 1.165) is 10.4 Å². The minimum Gasteiger partial charge on any atom is -0.402 e. The molecule has 0 spiro atoms. The van der Waals surface area contributed by atoms with Gasteiger partial charge in [0.15, 0.2) is 0 Å².